The standard InChI is InChI=1S/C19H23NO2S/c1-21-13-14-22-18-10-9-17(15-7-3-4-8-16(15)18)19(23)20-11-5-2-6-12-20/h3-4,7-10H,2,5-6,11-14H2,1H3. The van der Waals surface area contributed by atoms with Crippen LogP contribution in [0.25, 0.3) is 10.8 Å². The Hall–Kier alpha value is -1.65. The van der Waals surface area contributed by atoms with Gasteiger partial charge in [-0.3, -0.25) is 0 Å². The van der Waals surface area contributed by atoms with Crippen LogP contribution in [0.4, 0.5) is 0 Å². The number of piperidine rings is 1. The van der Waals surface area contributed by atoms with Crippen LogP contribution < -0.4 is 4.74 Å². The first kappa shape index (κ1) is 16.2. The van der Waals surface area contributed by atoms with E-state index in [-0.39, 0.29) is 0 Å². The van der Waals surface area contributed by atoms with Crippen LogP contribution >= 0.6 is 12.2 Å². The van der Waals surface area contributed by atoms with Crippen molar-refractivity contribution in [2.75, 3.05) is 33.4 Å². The number of hydrogen-bond donors (Lipinski definition) is 0. The van der Waals surface area contributed by atoms with E-state index in [0.29, 0.717) is 13.2 Å². The molecule has 0 N–H and O–H groups in total. The summed E-state index contributed by atoms with van der Waals surface area (Å²) >= 11 is 5.78. The average Bonchev–Trinajstić information content (AvgIpc) is 2.62. The molecule has 0 amide bonds. The van der Waals surface area contributed by atoms with Crippen LogP contribution in [0, 0.1) is 0 Å². The van der Waals surface area contributed by atoms with Gasteiger partial charge in [0, 0.05) is 31.1 Å². The molecule has 2 aromatic rings. The maximum absolute atomic E-state index is 5.86. The molecule has 0 bridgehead atoms. The number of likely N-dealkylation sites (tertiary alicyclic amines) is 1. The van der Waals surface area contributed by atoms with Gasteiger partial charge >= 0.3 is 0 Å². The lowest BCUT2D eigenvalue weighted by atomic mass is 10.0. The highest BCUT2D eigenvalue weighted by molar-refractivity contribution is 7.80. The molecule has 0 spiro atoms. The Balaban J connectivity index is 1.92. The summed E-state index contributed by atoms with van der Waals surface area (Å²) in [4.78, 5) is 3.30. The van der Waals surface area contributed by atoms with Crippen molar-refractivity contribution < 1.29 is 9.47 Å². The van der Waals surface area contributed by atoms with Gasteiger partial charge in [0.1, 0.15) is 17.3 Å². The summed E-state index contributed by atoms with van der Waals surface area (Å²) < 4.78 is 10.9. The van der Waals surface area contributed by atoms with Crippen LogP contribution in [0.1, 0.15) is 24.8 Å². The van der Waals surface area contributed by atoms with E-state index in [1.165, 1.54) is 19.3 Å². The molecule has 1 saturated heterocycles. The van der Waals surface area contributed by atoms with Gasteiger partial charge in [0.2, 0.25) is 0 Å². The van der Waals surface area contributed by atoms with Gasteiger partial charge in [-0.05, 0) is 36.8 Å². The molecule has 0 aliphatic carbocycles. The third-order valence-corrected chi connectivity index (χ3v) is 4.78. The number of methoxy groups -OCH3 is 1. The number of nitrogens with zero attached hydrogens (tertiary/aromatic N) is 1. The lowest BCUT2D eigenvalue weighted by molar-refractivity contribution is 0.147. The van der Waals surface area contributed by atoms with E-state index < -0.39 is 0 Å². The molecule has 1 fully saturated rings. The van der Waals surface area contributed by atoms with Crippen LogP contribution in [0.15, 0.2) is 36.4 Å². The molecule has 1 heterocycles. The van der Waals surface area contributed by atoms with Gasteiger partial charge < -0.3 is 14.4 Å². The van der Waals surface area contributed by atoms with Gasteiger partial charge in [0.25, 0.3) is 0 Å². The fourth-order valence-corrected chi connectivity index (χ4v) is 3.45. The Morgan fingerprint density at radius 2 is 1.74 bits per heavy atom. The van der Waals surface area contributed by atoms with E-state index in [1.54, 1.807) is 7.11 Å². The van der Waals surface area contributed by atoms with E-state index in [9.17, 15) is 0 Å². The maximum atomic E-state index is 5.86. The molecular formula is C19H23NO2S. The number of fused-ring (bicyclic) bond motifs is 1. The molecule has 1 aliphatic heterocycles. The van der Waals surface area contributed by atoms with E-state index in [0.717, 1.165) is 40.2 Å². The molecule has 1 aliphatic rings. The van der Waals surface area contributed by atoms with Gasteiger partial charge in [-0.15, -0.1) is 0 Å². The Bertz CT molecular complexity index is 680. The van der Waals surface area contributed by atoms with Crippen molar-refractivity contribution in [3.8, 4) is 5.75 Å². The Morgan fingerprint density at radius 3 is 2.48 bits per heavy atom. The SMILES string of the molecule is COCCOc1ccc(C(=S)N2CCCCC2)c2ccccc12. The second kappa shape index (κ2) is 7.75. The fourth-order valence-electron chi connectivity index (χ4n) is 3.09. The largest absolute Gasteiger partial charge is 0.491 e. The molecular weight excluding hydrogens is 306 g/mol. The highest BCUT2D eigenvalue weighted by atomic mass is 32.1. The number of ether oxygens (including phenoxy) is 2. The second-order valence-corrected chi connectivity index (χ2v) is 6.24. The summed E-state index contributed by atoms with van der Waals surface area (Å²) in [6, 6.07) is 12.5. The molecule has 3 rings (SSSR count). The number of benzene rings is 2. The lowest BCUT2D eigenvalue weighted by Crippen LogP contribution is -2.35. The zero-order valence-corrected chi connectivity index (χ0v) is 14.4. The second-order valence-electron chi connectivity index (χ2n) is 5.85. The number of hydrogen-bond acceptors (Lipinski definition) is 3. The third-order valence-electron chi connectivity index (χ3n) is 4.30. The van der Waals surface area contributed by atoms with Crippen molar-refractivity contribution in [1.29, 1.82) is 0 Å². The maximum Gasteiger partial charge on any atom is 0.127 e. The monoisotopic (exact) mass is 329 g/mol. The first-order chi connectivity index (χ1) is 11.3. The van der Waals surface area contributed by atoms with Crippen molar-refractivity contribution in [2.45, 2.75) is 19.3 Å². The molecule has 122 valence electrons. The molecule has 23 heavy (non-hydrogen) atoms. The molecule has 0 atom stereocenters. The van der Waals surface area contributed by atoms with Gasteiger partial charge in [0.05, 0.1) is 6.61 Å². The summed E-state index contributed by atoms with van der Waals surface area (Å²) in [5, 5.41) is 2.28. The van der Waals surface area contributed by atoms with E-state index in [4.69, 9.17) is 21.7 Å². The summed E-state index contributed by atoms with van der Waals surface area (Å²) in [6.07, 6.45) is 3.78. The summed E-state index contributed by atoms with van der Waals surface area (Å²) in [6.45, 7) is 3.27. The first-order valence-corrected chi connectivity index (χ1v) is 8.65. The topological polar surface area (TPSA) is 21.7 Å². The minimum Gasteiger partial charge on any atom is -0.491 e. The molecule has 0 unspecified atom stereocenters. The zero-order chi connectivity index (χ0) is 16.1. The van der Waals surface area contributed by atoms with E-state index >= 15 is 0 Å². The van der Waals surface area contributed by atoms with Gasteiger partial charge in [-0.2, -0.15) is 0 Å². The minimum absolute atomic E-state index is 0.552. The smallest absolute Gasteiger partial charge is 0.127 e. The van der Waals surface area contributed by atoms with Crippen LogP contribution in [0.2, 0.25) is 0 Å². The Kier molecular flexibility index (Phi) is 5.47. The predicted molar refractivity (Wildman–Crippen MR) is 98.4 cm³/mol. The number of rotatable bonds is 5. The molecule has 0 radical (unpaired) electrons. The molecule has 0 saturated carbocycles. The van der Waals surface area contributed by atoms with E-state index in [1.807, 2.05) is 12.1 Å². The highest BCUT2D eigenvalue weighted by Crippen LogP contribution is 2.30. The molecule has 3 nitrogen and oxygen atoms in total. The summed E-state index contributed by atoms with van der Waals surface area (Å²) in [5.41, 5.74) is 1.14. The first-order valence-electron chi connectivity index (χ1n) is 8.24. The van der Waals surface area contributed by atoms with Gasteiger partial charge in [0.15, 0.2) is 0 Å². The van der Waals surface area contributed by atoms with Crippen LogP contribution in [-0.4, -0.2) is 43.3 Å². The highest BCUT2D eigenvalue weighted by Gasteiger charge is 2.17. The van der Waals surface area contributed by atoms with Crippen molar-refractivity contribution in [1.82, 2.24) is 4.90 Å². The van der Waals surface area contributed by atoms with Gasteiger partial charge in [-0.1, -0.05) is 36.5 Å². The Labute approximate surface area is 143 Å². The van der Waals surface area contributed by atoms with Crippen molar-refractivity contribution in [3.63, 3.8) is 0 Å². The summed E-state index contributed by atoms with van der Waals surface area (Å²) in [5.74, 6) is 0.892. The molecule has 4 heteroatoms. The molecule has 0 aromatic heterocycles. The van der Waals surface area contributed by atoms with E-state index in [2.05, 4.69) is 29.2 Å². The average molecular weight is 329 g/mol. The van der Waals surface area contributed by atoms with Gasteiger partial charge in [-0.25, -0.2) is 0 Å². The zero-order valence-electron chi connectivity index (χ0n) is 13.6. The summed E-state index contributed by atoms with van der Waals surface area (Å²) in [7, 11) is 1.68. The van der Waals surface area contributed by atoms with Crippen LogP contribution in [0.5, 0.6) is 5.75 Å². The van der Waals surface area contributed by atoms with Crippen molar-refractivity contribution >= 4 is 28.0 Å². The molecule has 2 aromatic carbocycles. The quantitative estimate of drug-likeness (QED) is 0.610. The van der Waals surface area contributed by atoms with Crippen LogP contribution in [-0.2, 0) is 4.74 Å². The van der Waals surface area contributed by atoms with Crippen LogP contribution in [0.3, 0.4) is 0 Å². The minimum atomic E-state index is 0.552. The van der Waals surface area contributed by atoms with Crippen molar-refractivity contribution in [3.05, 3.63) is 42.0 Å². The normalized spacial score (nSPS) is 14.9. The fraction of sp³-hybridized carbons (Fsp3) is 0.421. The predicted octanol–water partition coefficient (Wildman–Crippen LogP) is 4.03. The Morgan fingerprint density at radius 1 is 1.00 bits per heavy atom. The lowest BCUT2D eigenvalue weighted by Gasteiger charge is -2.29. The van der Waals surface area contributed by atoms with Crippen molar-refractivity contribution in [2.24, 2.45) is 0 Å². The number of thiocarbonyl (C=S) groups is 1. The third kappa shape index (κ3) is 3.65.